The van der Waals surface area contributed by atoms with E-state index in [-0.39, 0.29) is 24.2 Å². The molecule has 0 bridgehead atoms. The predicted molar refractivity (Wildman–Crippen MR) is 136 cm³/mol. The van der Waals surface area contributed by atoms with Crippen molar-refractivity contribution in [2.45, 2.75) is 39.7 Å². The van der Waals surface area contributed by atoms with Crippen LogP contribution in [-0.2, 0) is 22.4 Å². The van der Waals surface area contributed by atoms with Crippen LogP contribution in [0.5, 0.6) is 5.75 Å². The number of pyridine rings is 1. The highest BCUT2D eigenvalue weighted by molar-refractivity contribution is 5.83. The molecule has 2 amide bonds. The normalized spacial score (nSPS) is 15.2. The summed E-state index contributed by atoms with van der Waals surface area (Å²) >= 11 is 0. The molecule has 7 heteroatoms. The number of halogens is 1. The minimum absolute atomic E-state index is 0.000941. The molecular formula is C29H32FN3O3. The van der Waals surface area contributed by atoms with Crippen molar-refractivity contribution < 1.29 is 18.7 Å². The second-order valence-corrected chi connectivity index (χ2v) is 10.0. The average molecular weight is 490 g/mol. The standard InChI is InChI=1S/C29H32FN3O3/c1-29(2,3)28(35)33-16-13-20-10-11-24(18-25(20)27(33)21-7-6-8-22(30)17-21)36-19-26(34)32-15-12-23-9-4-5-14-31-23/h4-11,14,17-18,27H,12-13,15-16,19H2,1-3H3,(H,32,34). The van der Waals surface area contributed by atoms with E-state index in [0.29, 0.717) is 37.2 Å². The van der Waals surface area contributed by atoms with E-state index in [0.717, 1.165) is 16.8 Å². The van der Waals surface area contributed by atoms with E-state index in [1.54, 1.807) is 12.3 Å². The number of rotatable bonds is 7. The van der Waals surface area contributed by atoms with Crippen molar-refractivity contribution in [3.8, 4) is 5.75 Å². The molecule has 3 aromatic rings. The Morgan fingerprint density at radius 3 is 2.67 bits per heavy atom. The number of nitrogens with zero attached hydrogens (tertiary/aromatic N) is 2. The second kappa shape index (κ2) is 10.9. The highest BCUT2D eigenvalue weighted by Gasteiger charge is 2.37. The third-order valence-electron chi connectivity index (χ3n) is 6.21. The molecule has 1 aliphatic heterocycles. The predicted octanol–water partition coefficient (Wildman–Crippen LogP) is 4.48. The van der Waals surface area contributed by atoms with Gasteiger partial charge in [-0.15, -0.1) is 0 Å². The molecular weight excluding hydrogens is 457 g/mol. The summed E-state index contributed by atoms with van der Waals surface area (Å²) < 4.78 is 20.0. The number of ether oxygens (including phenoxy) is 1. The average Bonchev–Trinajstić information content (AvgIpc) is 2.86. The summed E-state index contributed by atoms with van der Waals surface area (Å²) in [4.78, 5) is 31.7. The zero-order valence-electron chi connectivity index (χ0n) is 21.0. The van der Waals surface area contributed by atoms with Crippen molar-refractivity contribution in [1.29, 1.82) is 0 Å². The largest absolute Gasteiger partial charge is 0.484 e. The number of benzene rings is 2. The summed E-state index contributed by atoms with van der Waals surface area (Å²) in [6.07, 6.45) is 3.05. The van der Waals surface area contributed by atoms with Crippen molar-refractivity contribution in [3.63, 3.8) is 0 Å². The topological polar surface area (TPSA) is 71.5 Å². The lowest BCUT2D eigenvalue weighted by Gasteiger charge is -2.41. The molecule has 4 rings (SSSR count). The van der Waals surface area contributed by atoms with Gasteiger partial charge in [-0.25, -0.2) is 4.39 Å². The number of hydrogen-bond acceptors (Lipinski definition) is 4. The molecule has 188 valence electrons. The molecule has 0 saturated carbocycles. The first-order valence-electron chi connectivity index (χ1n) is 12.2. The molecule has 1 unspecified atom stereocenters. The molecule has 0 spiro atoms. The van der Waals surface area contributed by atoms with Crippen LogP contribution in [0, 0.1) is 11.2 Å². The highest BCUT2D eigenvalue weighted by atomic mass is 19.1. The van der Waals surface area contributed by atoms with E-state index in [4.69, 9.17) is 4.74 Å². The van der Waals surface area contributed by atoms with E-state index in [1.165, 1.54) is 12.1 Å². The van der Waals surface area contributed by atoms with Gasteiger partial charge in [-0.3, -0.25) is 14.6 Å². The van der Waals surface area contributed by atoms with Crippen LogP contribution in [-0.4, -0.2) is 41.4 Å². The Balaban J connectivity index is 1.50. The number of aromatic nitrogens is 1. The monoisotopic (exact) mass is 489 g/mol. The van der Waals surface area contributed by atoms with E-state index in [9.17, 15) is 14.0 Å². The summed E-state index contributed by atoms with van der Waals surface area (Å²) in [5, 5.41) is 2.84. The molecule has 36 heavy (non-hydrogen) atoms. The van der Waals surface area contributed by atoms with Crippen LogP contribution in [0.15, 0.2) is 66.9 Å². The smallest absolute Gasteiger partial charge is 0.257 e. The van der Waals surface area contributed by atoms with Gasteiger partial charge in [0.25, 0.3) is 5.91 Å². The lowest BCUT2D eigenvalue weighted by molar-refractivity contribution is -0.141. The van der Waals surface area contributed by atoms with Gasteiger partial charge in [-0.2, -0.15) is 0 Å². The fraction of sp³-hybridized carbons (Fsp3) is 0.345. The van der Waals surface area contributed by atoms with Gasteiger partial charge in [0, 0.05) is 36.8 Å². The summed E-state index contributed by atoms with van der Waals surface area (Å²) in [5.74, 6) is -0.0477. The number of nitrogens with one attached hydrogen (secondary N) is 1. The van der Waals surface area contributed by atoms with Gasteiger partial charge in [-0.05, 0) is 59.5 Å². The molecule has 1 aromatic heterocycles. The van der Waals surface area contributed by atoms with Crippen LogP contribution >= 0.6 is 0 Å². The Bertz CT molecular complexity index is 1220. The van der Waals surface area contributed by atoms with Crippen molar-refractivity contribution >= 4 is 11.8 Å². The summed E-state index contributed by atoms with van der Waals surface area (Å²) in [7, 11) is 0. The van der Waals surface area contributed by atoms with Gasteiger partial charge in [0.1, 0.15) is 11.6 Å². The Morgan fingerprint density at radius 1 is 1.11 bits per heavy atom. The zero-order chi connectivity index (χ0) is 25.7. The number of carbonyl (C=O) groups is 2. The highest BCUT2D eigenvalue weighted by Crippen LogP contribution is 2.39. The Kier molecular flexibility index (Phi) is 7.67. The summed E-state index contributed by atoms with van der Waals surface area (Å²) in [6, 6.07) is 17.3. The van der Waals surface area contributed by atoms with Gasteiger partial charge in [-0.1, -0.05) is 45.0 Å². The molecule has 0 aliphatic carbocycles. The molecule has 1 N–H and O–H groups in total. The number of amides is 2. The molecule has 0 saturated heterocycles. The van der Waals surface area contributed by atoms with Crippen LogP contribution in [0.1, 0.15) is 49.2 Å². The Morgan fingerprint density at radius 2 is 1.94 bits per heavy atom. The van der Waals surface area contributed by atoms with E-state index < -0.39 is 11.5 Å². The number of hydrogen-bond donors (Lipinski definition) is 1. The fourth-order valence-electron chi connectivity index (χ4n) is 4.44. The lowest BCUT2D eigenvalue weighted by Crippen LogP contribution is -2.45. The minimum Gasteiger partial charge on any atom is -0.484 e. The number of carbonyl (C=O) groups excluding carboxylic acids is 2. The van der Waals surface area contributed by atoms with Gasteiger partial charge >= 0.3 is 0 Å². The molecule has 2 aromatic carbocycles. The summed E-state index contributed by atoms with van der Waals surface area (Å²) in [5.41, 5.74) is 3.00. The Labute approximate surface area is 211 Å². The van der Waals surface area contributed by atoms with Crippen LogP contribution in [0.3, 0.4) is 0 Å². The van der Waals surface area contributed by atoms with Gasteiger partial charge in [0.2, 0.25) is 5.91 Å². The van der Waals surface area contributed by atoms with Crippen LogP contribution in [0.25, 0.3) is 0 Å². The van der Waals surface area contributed by atoms with Crippen LogP contribution in [0.2, 0.25) is 0 Å². The van der Waals surface area contributed by atoms with Crippen LogP contribution < -0.4 is 10.1 Å². The quantitative estimate of drug-likeness (QED) is 0.531. The third-order valence-corrected chi connectivity index (χ3v) is 6.21. The van der Waals surface area contributed by atoms with Crippen molar-refractivity contribution in [3.05, 3.63) is 95.1 Å². The molecule has 0 fully saturated rings. The number of fused-ring (bicyclic) bond motifs is 1. The zero-order valence-corrected chi connectivity index (χ0v) is 21.0. The maximum Gasteiger partial charge on any atom is 0.257 e. The SMILES string of the molecule is CC(C)(C)C(=O)N1CCc2ccc(OCC(=O)NCCc3ccccn3)cc2C1c1cccc(F)c1. The van der Waals surface area contributed by atoms with Gasteiger partial charge < -0.3 is 15.0 Å². The first kappa shape index (κ1) is 25.4. The van der Waals surface area contributed by atoms with E-state index in [2.05, 4.69) is 10.3 Å². The first-order chi connectivity index (χ1) is 17.2. The van der Waals surface area contributed by atoms with Crippen molar-refractivity contribution in [1.82, 2.24) is 15.2 Å². The molecule has 1 atom stereocenters. The van der Waals surface area contributed by atoms with Gasteiger partial charge in [0.15, 0.2) is 6.61 Å². The first-order valence-corrected chi connectivity index (χ1v) is 12.2. The molecule has 1 aliphatic rings. The molecule has 0 radical (unpaired) electrons. The van der Waals surface area contributed by atoms with Gasteiger partial charge in [0.05, 0.1) is 6.04 Å². The van der Waals surface area contributed by atoms with Crippen LogP contribution in [0.4, 0.5) is 4.39 Å². The second-order valence-electron chi connectivity index (χ2n) is 10.0. The van der Waals surface area contributed by atoms with E-state index >= 15 is 0 Å². The fourth-order valence-corrected chi connectivity index (χ4v) is 4.44. The van der Waals surface area contributed by atoms with E-state index in [1.807, 2.05) is 68.1 Å². The molecule has 2 heterocycles. The van der Waals surface area contributed by atoms with Crippen molar-refractivity contribution in [2.75, 3.05) is 19.7 Å². The maximum atomic E-state index is 14.2. The lowest BCUT2D eigenvalue weighted by atomic mass is 9.85. The summed E-state index contributed by atoms with van der Waals surface area (Å²) in [6.45, 7) is 6.55. The Hall–Kier alpha value is -3.74. The van der Waals surface area contributed by atoms with Crippen molar-refractivity contribution in [2.24, 2.45) is 5.41 Å². The minimum atomic E-state index is -0.579. The molecule has 6 nitrogen and oxygen atoms in total. The maximum absolute atomic E-state index is 14.2. The third kappa shape index (κ3) is 6.08.